The van der Waals surface area contributed by atoms with Crippen LogP contribution in [0.4, 0.5) is 5.69 Å². The molecule has 0 aliphatic heterocycles. The second-order valence-electron chi connectivity index (χ2n) is 5.51. The zero-order valence-electron chi connectivity index (χ0n) is 13.3. The molecule has 0 atom stereocenters. The summed E-state index contributed by atoms with van der Waals surface area (Å²) in [5.74, 6) is 0. The van der Waals surface area contributed by atoms with Gasteiger partial charge in [0, 0.05) is 39.9 Å². The minimum absolute atomic E-state index is 0.656. The van der Waals surface area contributed by atoms with Crippen LogP contribution in [0.2, 0.25) is 10.0 Å². The zero-order valence-corrected chi connectivity index (χ0v) is 14.8. The number of nitrogens with zero attached hydrogens (tertiary/aromatic N) is 1. The quantitative estimate of drug-likeness (QED) is 0.511. The first-order chi connectivity index (χ1) is 11.1. The van der Waals surface area contributed by atoms with Crippen LogP contribution in [0.5, 0.6) is 0 Å². The van der Waals surface area contributed by atoms with Gasteiger partial charge in [0.15, 0.2) is 0 Å². The standard InChI is InChI=1S/C20H19Cl2N/c1-3-23(4-2)20-12-15-8-6-5-7-14(15)11-18(20)17-10-9-16(21)13-19(17)22/h5-13H,3-4H2,1-2H3. The van der Waals surface area contributed by atoms with Crippen molar-refractivity contribution in [1.29, 1.82) is 0 Å². The molecule has 0 radical (unpaired) electrons. The van der Waals surface area contributed by atoms with Crippen LogP contribution in [0.15, 0.2) is 54.6 Å². The topological polar surface area (TPSA) is 3.24 Å². The van der Waals surface area contributed by atoms with Gasteiger partial charge in [-0.15, -0.1) is 0 Å². The monoisotopic (exact) mass is 343 g/mol. The Kier molecular flexibility index (Phi) is 4.79. The number of benzene rings is 3. The minimum atomic E-state index is 0.656. The number of rotatable bonds is 4. The van der Waals surface area contributed by atoms with Gasteiger partial charge in [0.1, 0.15) is 0 Å². The van der Waals surface area contributed by atoms with Crippen LogP contribution in [0.25, 0.3) is 21.9 Å². The predicted octanol–water partition coefficient (Wildman–Crippen LogP) is 6.66. The molecule has 0 fully saturated rings. The van der Waals surface area contributed by atoms with Gasteiger partial charge in [-0.1, -0.05) is 53.5 Å². The third-order valence-corrected chi connectivity index (χ3v) is 4.74. The van der Waals surface area contributed by atoms with Gasteiger partial charge in [-0.05, 0) is 48.9 Å². The van der Waals surface area contributed by atoms with E-state index in [1.54, 1.807) is 6.07 Å². The molecule has 0 N–H and O–H groups in total. The largest absolute Gasteiger partial charge is 0.372 e. The number of hydrogen-bond acceptors (Lipinski definition) is 1. The van der Waals surface area contributed by atoms with E-state index < -0.39 is 0 Å². The molecule has 0 unspecified atom stereocenters. The molecule has 3 heteroatoms. The summed E-state index contributed by atoms with van der Waals surface area (Å²) in [5, 5.41) is 3.79. The van der Waals surface area contributed by atoms with Gasteiger partial charge in [-0.25, -0.2) is 0 Å². The van der Waals surface area contributed by atoms with E-state index >= 15 is 0 Å². The van der Waals surface area contributed by atoms with Gasteiger partial charge in [0.2, 0.25) is 0 Å². The molecule has 0 aromatic heterocycles. The number of hydrogen-bond donors (Lipinski definition) is 0. The third kappa shape index (κ3) is 3.17. The summed E-state index contributed by atoms with van der Waals surface area (Å²) < 4.78 is 0. The maximum absolute atomic E-state index is 6.48. The average Bonchev–Trinajstić information content (AvgIpc) is 2.55. The Bertz CT molecular complexity index is 838. The molecule has 3 rings (SSSR count). The molecule has 0 bridgehead atoms. The lowest BCUT2D eigenvalue weighted by molar-refractivity contribution is 0.868. The summed E-state index contributed by atoms with van der Waals surface area (Å²) in [7, 11) is 0. The Balaban J connectivity index is 2.29. The van der Waals surface area contributed by atoms with Gasteiger partial charge >= 0.3 is 0 Å². The Labute approximate surface area is 147 Å². The molecule has 0 spiro atoms. The first kappa shape index (κ1) is 16.2. The molecule has 0 heterocycles. The van der Waals surface area contributed by atoms with E-state index in [-0.39, 0.29) is 0 Å². The third-order valence-electron chi connectivity index (χ3n) is 4.19. The first-order valence-electron chi connectivity index (χ1n) is 7.87. The number of halogens is 2. The highest BCUT2D eigenvalue weighted by Crippen LogP contribution is 2.39. The lowest BCUT2D eigenvalue weighted by Gasteiger charge is -2.25. The van der Waals surface area contributed by atoms with Gasteiger partial charge in [-0.2, -0.15) is 0 Å². The highest BCUT2D eigenvalue weighted by atomic mass is 35.5. The summed E-state index contributed by atoms with van der Waals surface area (Å²) in [6.45, 7) is 6.25. The van der Waals surface area contributed by atoms with E-state index in [1.807, 2.05) is 12.1 Å². The van der Waals surface area contributed by atoms with Crippen LogP contribution in [0.1, 0.15) is 13.8 Å². The Morgan fingerprint density at radius 2 is 1.43 bits per heavy atom. The highest BCUT2D eigenvalue weighted by Gasteiger charge is 2.14. The lowest BCUT2D eigenvalue weighted by Crippen LogP contribution is -2.22. The van der Waals surface area contributed by atoms with Gasteiger partial charge in [0.25, 0.3) is 0 Å². The van der Waals surface area contributed by atoms with Gasteiger partial charge < -0.3 is 4.90 Å². The fraction of sp³-hybridized carbons (Fsp3) is 0.200. The zero-order chi connectivity index (χ0) is 16.4. The molecule has 3 aromatic rings. The molecule has 0 saturated heterocycles. The summed E-state index contributed by atoms with van der Waals surface area (Å²) in [4.78, 5) is 2.35. The van der Waals surface area contributed by atoms with E-state index in [0.717, 1.165) is 24.2 Å². The van der Waals surface area contributed by atoms with Crippen molar-refractivity contribution in [2.45, 2.75) is 13.8 Å². The van der Waals surface area contributed by atoms with Crippen molar-refractivity contribution in [2.24, 2.45) is 0 Å². The smallest absolute Gasteiger partial charge is 0.0499 e. The molecular formula is C20H19Cl2N. The fourth-order valence-electron chi connectivity index (χ4n) is 2.98. The van der Waals surface area contributed by atoms with E-state index in [4.69, 9.17) is 23.2 Å². The van der Waals surface area contributed by atoms with Crippen LogP contribution in [-0.2, 0) is 0 Å². The first-order valence-corrected chi connectivity index (χ1v) is 8.62. The molecule has 23 heavy (non-hydrogen) atoms. The van der Waals surface area contributed by atoms with E-state index in [9.17, 15) is 0 Å². The molecular weight excluding hydrogens is 325 g/mol. The van der Waals surface area contributed by atoms with Crippen molar-refractivity contribution < 1.29 is 0 Å². The van der Waals surface area contributed by atoms with Gasteiger partial charge in [0.05, 0.1) is 0 Å². The average molecular weight is 344 g/mol. The normalized spacial score (nSPS) is 11.0. The van der Waals surface area contributed by atoms with Gasteiger partial charge in [-0.3, -0.25) is 0 Å². The molecule has 0 amide bonds. The lowest BCUT2D eigenvalue weighted by atomic mass is 9.98. The molecule has 0 aliphatic carbocycles. The van der Waals surface area contributed by atoms with Crippen LogP contribution < -0.4 is 4.90 Å². The fourth-order valence-corrected chi connectivity index (χ4v) is 3.49. The van der Waals surface area contributed by atoms with Crippen molar-refractivity contribution in [1.82, 2.24) is 0 Å². The molecule has 0 aliphatic rings. The number of anilines is 1. The van der Waals surface area contributed by atoms with Crippen LogP contribution in [-0.4, -0.2) is 13.1 Å². The second kappa shape index (κ2) is 6.82. The van der Waals surface area contributed by atoms with Crippen LogP contribution in [0.3, 0.4) is 0 Å². The van der Waals surface area contributed by atoms with Crippen LogP contribution >= 0.6 is 23.2 Å². The maximum atomic E-state index is 6.48. The minimum Gasteiger partial charge on any atom is -0.372 e. The van der Waals surface area contributed by atoms with Crippen LogP contribution in [0, 0.1) is 0 Å². The molecule has 118 valence electrons. The maximum Gasteiger partial charge on any atom is 0.0499 e. The van der Waals surface area contributed by atoms with Crippen molar-refractivity contribution in [2.75, 3.05) is 18.0 Å². The Hall–Kier alpha value is -1.70. The number of fused-ring (bicyclic) bond motifs is 1. The Morgan fingerprint density at radius 1 is 0.783 bits per heavy atom. The Morgan fingerprint density at radius 3 is 2.04 bits per heavy atom. The van der Waals surface area contributed by atoms with E-state index in [2.05, 4.69) is 55.1 Å². The highest BCUT2D eigenvalue weighted by molar-refractivity contribution is 6.36. The van der Waals surface area contributed by atoms with Crippen molar-refractivity contribution in [3.63, 3.8) is 0 Å². The summed E-state index contributed by atoms with van der Waals surface area (Å²) in [5.41, 5.74) is 3.37. The molecule has 0 saturated carbocycles. The molecule has 3 aromatic carbocycles. The van der Waals surface area contributed by atoms with E-state index in [0.29, 0.717) is 10.0 Å². The van der Waals surface area contributed by atoms with Crippen molar-refractivity contribution in [3.8, 4) is 11.1 Å². The summed E-state index contributed by atoms with van der Waals surface area (Å²) in [6, 6.07) is 18.6. The SMILES string of the molecule is CCN(CC)c1cc2ccccc2cc1-c1ccc(Cl)cc1Cl. The van der Waals surface area contributed by atoms with Crippen molar-refractivity contribution in [3.05, 3.63) is 64.6 Å². The van der Waals surface area contributed by atoms with E-state index in [1.165, 1.54) is 16.5 Å². The second-order valence-corrected chi connectivity index (χ2v) is 6.36. The van der Waals surface area contributed by atoms with Crippen molar-refractivity contribution >= 4 is 39.7 Å². The summed E-state index contributed by atoms with van der Waals surface area (Å²) >= 11 is 12.5. The predicted molar refractivity (Wildman–Crippen MR) is 103 cm³/mol. The molecule has 1 nitrogen and oxygen atoms in total. The summed E-state index contributed by atoms with van der Waals surface area (Å²) in [6.07, 6.45) is 0.